The minimum Gasteiger partial charge on any atom is -0.408 e. The summed E-state index contributed by atoms with van der Waals surface area (Å²) >= 11 is 0. The first-order valence-electron chi connectivity index (χ1n) is 8.76. The van der Waals surface area contributed by atoms with Gasteiger partial charge in [-0.2, -0.15) is 4.68 Å². The van der Waals surface area contributed by atoms with Gasteiger partial charge in [0.15, 0.2) is 11.4 Å². The molecule has 28 heavy (non-hydrogen) atoms. The summed E-state index contributed by atoms with van der Waals surface area (Å²) in [6, 6.07) is 12.7. The van der Waals surface area contributed by atoms with Gasteiger partial charge in [0.2, 0.25) is 5.91 Å². The lowest BCUT2D eigenvalue weighted by molar-refractivity contribution is -0.116. The van der Waals surface area contributed by atoms with Crippen molar-refractivity contribution in [1.29, 1.82) is 0 Å². The molecule has 9 heteroatoms. The third-order valence-corrected chi connectivity index (χ3v) is 4.39. The molecule has 0 bridgehead atoms. The summed E-state index contributed by atoms with van der Waals surface area (Å²) in [6.07, 6.45) is 0.136. The molecule has 0 radical (unpaired) electrons. The Kier molecular flexibility index (Phi) is 4.48. The number of nitrogens with one attached hydrogen (secondary N) is 1. The number of hydrogen-bond acceptors (Lipinski definition) is 6. The summed E-state index contributed by atoms with van der Waals surface area (Å²) in [5.41, 5.74) is 3.58. The molecule has 1 N–H and O–H groups in total. The molecule has 4 rings (SSSR count). The van der Waals surface area contributed by atoms with Crippen LogP contribution in [0.5, 0.6) is 0 Å². The number of carbonyl (C=O) groups excluding carboxylic acids is 1. The molecule has 142 valence electrons. The summed E-state index contributed by atoms with van der Waals surface area (Å²) in [6.45, 7) is 3.96. The van der Waals surface area contributed by atoms with E-state index >= 15 is 0 Å². The predicted molar refractivity (Wildman–Crippen MR) is 102 cm³/mol. The topological polar surface area (TPSA) is 108 Å². The van der Waals surface area contributed by atoms with Crippen LogP contribution in [-0.4, -0.2) is 30.7 Å². The summed E-state index contributed by atoms with van der Waals surface area (Å²) in [5.74, 6) is -0.0333. The third-order valence-electron chi connectivity index (χ3n) is 4.39. The number of amides is 1. The van der Waals surface area contributed by atoms with Crippen molar-refractivity contribution in [2.45, 2.75) is 26.8 Å². The molecule has 0 spiro atoms. The summed E-state index contributed by atoms with van der Waals surface area (Å²) in [4.78, 5) is 24.5. The van der Waals surface area contributed by atoms with Crippen LogP contribution in [0.4, 0.5) is 5.69 Å². The number of fused-ring (bicyclic) bond motifs is 1. The Bertz CT molecular complexity index is 1220. The number of oxazole rings is 1. The zero-order valence-corrected chi connectivity index (χ0v) is 15.4. The molecule has 0 saturated carbocycles. The fourth-order valence-corrected chi connectivity index (χ4v) is 3.01. The third kappa shape index (κ3) is 3.41. The molecule has 0 aliphatic heterocycles. The van der Waals surface area contributed by atoms with Crippen LogP contribution in [0.1, 0.15) is 17.8 Å². The highest BCUT2D eigenvalue weighted by molar-refractivity contribution is 5.91. The predicted octanol–water partition coefficient (Wildman–Crippen LogP) is 2.22. The van der Waals surface area contributed by atoms with Gasteiger partial charge in [-0.25, -0.2) is 4.79 Å². The van der Waals surface area contributed by atoms with Gasteiger partial charge in [-0.05, 0) is 60.2 Å². The van der Waals surface area contributed by atoms with E-state index in [-0.39, 0.29) is 18.9 Å². The van der Waals surface area contributed by atoms with Crippen LogP contribution in [-0.2, 0) is 11.3 Å². The lowest BCUT2D eigenvalue weighted by Gasteiger charge is -2.08. The van der Waals surface area contributed by atoms with Crippen molar-refractivity contribution < 1.29 is 9.21 Å². The van der Waals surface area contributed by atoms with Gasteiger partial charge in [0.25, 0.3) is 0 Å². The lowest BCUT2D eigenvalue weighted by Crippen LogP contribution is -2.20. The average Bonchev–Trinajstić information content (AvgIpc) is 3.22. The van der Waals surface area contributed by atoms with E-state index in [1.165, 1.54) is 4.57 Å². The second kappa shape index (κ2) is 7.10. The second-order valence-electron chi connectivity index (χ2n) is 6.48. The Balaban J connectivity index is 1.47. The van der Waals surface area contributed by atoms with Crippen molar-refractivity contribution >= 4 is 22.7 Å². The van der Waals surface area contributed by atoms with Crippen LogP contribution in [0.2, 0.25) is 0 Å². The number of carbonyl (C=O) groups is 1. The summed E-state index contributed by atoms with van der Waals surface area (Å²) in [5, 5.41) is 14.2. The van der Waals surface area contributed by atoms with Gasteiger partial charge < -0.3 is 9.73 Å². The standard InChI is InChI=1S/C19H18N6O3/c1-12-6-7-17-16(10-12)24(19(27)28-17)9-8-18(26)20-14-4-3-5-15(11-14)25-13(2)21-22-23-25/h3-7,10-11H,8-9H2,1-2H3,(H,20,26). The molecular formula is C19H18N6O3. The highest BCUT2D eigenvalue weighted by atomic mass is 16.4. The average molecular weight is 378 g/mol. The SMILES string of the molecule is Cc1ccc2oc(=O)n(CCC(=O)Nc3cccc(-n4nnnc4C)c3)c2c1. The van der Waals surface area contributed by atoms with Gasteiger partial charge in [-0.1, -0.05) is 12.1 Å². The van der Waals surface area contributed by atoms with Crippen molar-refractivity contribution in [3.63, 3.8) is 0 Å². The number of tetrazole rings is 1. The molecule has 2 aromatic carbocycles. The largest absolute Gasteiger partial charge is 0.419 e. The maximum Gasteiger partial charge on any atom is 0.419 e. The second-order valence-corrected chi connectivity index (χ2v) is 6.48. The van der Waals surface area contributed by atoms with E-state index in [1.807, 2.05) is 31.2 Å². The van der Waals surface area contributed by atoms with Crippen LogP contribution in [0.25, 0.3) is 16.8 Å². The number of benzene rings is 2. The van der Waals surface area contributed by atoms with Crippen LogP contribution in [0.3, 0.4) is 0 Å². The normalized spacial score (nSPS) is 11.1. The Morgan fingerprint density at radius 3 is 2.82 bits per heavy atom. The van der Waals surface area contributed by atoms with E-state index in [2.05, 4.69) is 20.8 Å². The fraction of sp³-hybridized carbons (Fsp3) is 0.211. The maximum atomic E-state index is 12.4. The summed E-state index contributed by atoms with van der Waals surface area (Å²) < 4.78 is 8.28. The first-order chi connectivity index (χ1) is 13.5. The van der Waals surface area contributed by atoms with Gasteiger partial charge in [0.1, 0.15) is 0 Å². The number of hydrogen-bond donors (Lipinski definition) is 1. The van der Waals surface area contributed by atoms with Crippen LogP contribution in [0, 0.1) is 13.8 Å². The Morgan fingerprint density at radius 2 is 2.04 bits per heavy atom. The van der Waals surface area contributed by atoms with E-state index < -0.39 is 5.76 Å². The molecule has 2 aromatic heterocycles. The molecule has 4 aromatic rings. The number of rotatable bonds is 5. The zero-order valence-electron chi connectivity index (χ0n) is 15.4. The zero-order chi connectivity index (χ0) is 19.7. The number of nitrogens with zero attached hydrogens (tertiary/aromatic N) is 5. The van der Waals surface area contributed by atoms with Crippen LogP contribution < -0.4 is 11.1 Å². The fourth-order valence-electron chi connectivity index (χ4n) is 3.01. The minimum absolute atomic E-state index is 0.136. The Labute approximate surface area is 159 Å². The van der Waals surface area contributed by atoms with E-state index in [0.717, 1.165) is 11.3 Å². The molecule has 0 fully saturated rings. The van der Waals surface area contributed by atoms with Crippen molar-refractivity contribution in [2.75, 3.05) is 5.32 Å². The molecule has 9 nitrogen and oxygen atoms in total. The molecule has 0 aliphatic rings. The van der Waals surface area contributed by atoms with Crippen molar-refractivity contribution in [3.05, 3.63) is 64.4 Å². The van der Waals surface area contributed by atoms with Crippen LogP contribution in [0.15, 0.2) is 51.7 Å². The Morgan fingerprint density at radius 1 is 1.18 bits per heavy atom. The molecule has 0 aliphatic carbocycles. The molecule has 2 heterocycles. The molecule has 0 unspecified atom stereocenters. The highest BCUT2D eigenvalue weighted by Gasteiger charge is 2.12. The smallest absolute Gasteiger partial charge is 0.408 e. The highest BCUT2D eigenvalue weighted by Crippen LogP contribution is 2.17. The molecule has 0 atom stereocenters. The van der Waals surface area contributed by atoms with Crippen LogP contribution >= 0.6 is 0 Å². The lowest BCUT2D eigenvalue weighted by atomic mass is 10.2. The van der Waals surface area contributed by atoms with Crippen molar-refractivity contribution in [1.82, 2.24) is 24.8 Å². The molecular weight excluding hydrogens is 360 g/mol. The maximum absolute atomic E-state index is 12.4. The van der Waals surface area contributed by atoms with Gasteiger partial charge >= 0.3 is 5.76 Å². The molecule has 0 saturated heterocycles. The van der Waals surface area contributed by atoms with Gasteiger partial charge in [-0.15, -0.1) is 5.10 Å². The first-order valence-corrected chi connectivity index (χ1v) is 8.76. The van der Waals surface area contributed by atoms with E-state index in [4.69, 9.17) is 4.42 Å². The number of aryl methyl sites for hydroxylation is 3. The Hall–Kier alpha value is -3.75. The van der Waals surface area contributed by atoms with Gasteiger partial charge in [0.05, 0.1) is 11.2 Å². The molecule has 1 amide bonds. The van der Waals surface area contributed by atoms with Gasteiger partial charge in [0, 0.05) is 18.7 Å². The van der Waals surface area contributed by atoms with E-state index in [9.17, 15) is 9.59 Å². The summed E-state index contributed by atoms with van der Waals surface area (Å²) in [7, 11) is 0. The number of aromatic nitrogens is 5. The van der Waals surface area contributed by atoms with E-state index in [1.54, 1.807) is 29.8 Å². The quantitative estimate of drug-likeness (QED) is 0.570. The number of anilines is 1. The monoisotopic (exact) mass is 378 g/mol. The van der Waals surface area contributed by atoms with Crippen molar-refractivity contribution in [2.24, 2.45) is 0 Å². The van der Waals surface area contributed by atoms with Gasteiger partial charge in [-0.3, -0.25) is 9.36 Å². The van der Waals surface area contributed by atoms with Crippen molar-refractivity contribution in [3.8, 4) is 5.69 Å². The van der Waals surface area contributed by atoms with E-state index in [0.29, 0.717) is 22.6 Å². The first kappa shape index (κ1) is 17.7. The minimum atomic E-state index is -0.468.